The van der Waals surface area contributed by atoms with E-state index in [2.05, 4.69) is 24.0 Å². The van der Waals surface area contributed by atoms with Crippen molar-refractivity contribution in [2.45, 2.75) is 13.5 Å². The summed E-state index contributed by atoms with van der Waals surface area (Å²) in [5.74, 6) is 0.790. The molecule has 0 amide bonds. The second kappa shape index (κ2) is 5.07. The van der Waals surface area contributed by atoms with Crippen LogP contribution in [0.25, 0.3) is 10.9 Å². The van der Waals surface area contributed by atoms with Gasteiger partial charge in [0, 0.05) is 6.20 Å². The maximum Gasteiger partial charge on any atom is 0.269 e. The summed E-state index contributed by atoms with van der Waals surface area (Å²) in [5, 5.41) is 1.51. The van der Waals surface area contributed by atoms with Crippen LogP contribution in [0, 0.1) is 6.92 Å². The molecule has 3 nitrogen and oxygen atoms in total. The molecule has 0 fully saturated rings. The Balaban J connectivity index is 1.88. The Labute approximate surface area is 134 Å². The van der Waals surface area contributed by atoms with Gasteiger partial charge in [-0.3, -0.25) is 9.88 Å². The number of aromatic nitrogens is 1. The Morgan fingerprint density at radius 1 is 1.09 bits per heavy atom. The van der Waals surface area contributed by atoms with Crippen LogP contribution in [0.5, 0.6) is 5.75 Å². The predicted octanol–water partition coefficient (Wildman–Crippen LogP) is 4.23. The SMILES string of the molecule is Cc1ccc2c3c(ccnc13)N(Cc1ccccc1)C(=S)O2. The maximum absolute atomic E-state index is 5.86. The van der Waals surface area contributed by atoms with Gasteiger partial charge < -0.3 is 4.74 Å². The van der Waals surface area contributed by atoms with E-state index in [0.29, 0.717) is 11.7 Å². The molecule has 108 valence electrons. The van der Waals surface area contributed by atoms with Crippen LogP contribution in [0.15, 0.2) is 54.7 Å². The van der Waals surface area contributed by atoms with E-state index in [-0.39, 0.29) is 0 Å². The van der Waals surface area contributed by atoms with Crippen LogP contribution < -0.4 is 9.64 Å². The third-order valence-corrected chi connectivity index (χ3v) is 4.23. The summed E-state index contributed by atoms with van der Waals surface area (Å²) in [6.07, 6.45) is 1.83. The van der Waals surface area contributed by atoms with Crippen LogP contribution in [0.3, 0.4) is 0 Å². The highest BCUT2D eigenvalue weighted by Crippen LogP contribution is 2.39. The number of pyridine rings is 1. The van der Waals surface area contributed by atoms with Crippen molar-refractivity contribution < 1.29 is 4.74 Å². The fourth-order valence-corrected chi connectivity index (χ4v) is 3.08. The smallest absolute Gasteiger partial charge is 0.269 e. The van der Waals surface area contributed by atoms with Gasteiger partial charge in [0.1, 0.15) is 5.75 Å². The van der Waals surface area contributed by atoms with Crippen molar-refractivity contribution in [3.63, 3.8) is 0 Å². The molecule has 4 rings (SSSR count). The molecule has 4 heteroatoms. The first-order valence-corrected chi connectivity index (χ1v) is 7.56. The largest absolute Gasteiger partial charge is 0.431 e. The number of hydrogen-bond acceptors (Lipinski definition) is 3. The van der Waals surface area contributed by atoms with Gasteiger partial charge in [-0.05, 0) is 42.4 Å². The fraction of sp³-hybridized carbons (Fsp3) is 0.111. The molecule has 0 saturated carbocycles. The summed E-state index contributed by atoms with van der Waals surface area (Å²) in [4.78, 5) is 6.53. The number of nitrogens with zero attached hydrogens (tertiary/aromatic N) is 2. The lowest BCUT2D eigenvalue weighted by molar-refractivity contribution is 0.545. The first-order chi connectivity index (χ1) is 10.7. The molecule has 0 atom stereocenters. The van der Waals surface area contributed by atoms with E-state index in [4.69, 9.17) is 17.0 Å². The van der Waals surface area contributed by atoms with E-state index < -0.39 is 0 Å². The number of hydrogen-bond donors (Lipinski definition) is 0. The first kappa shape index (κ1) is 13.2. The van der Waals surface area contributed by atoms with Crippen molar-refractivity contribution in [3.8, 4) is 5.75 Å². The molecule has 0 unspecified atom stereocenters. The minimum atomic E-state index is 0.479. The summed E-state index contributed by atoms with van der Waals surface area (Å²) < 4.78 is 5.86. The molecule has 0 radical (unpaired) electrons. The van der Waals surface area contributed by atoms with Gasteiger partial charge in [-0.1, -0.05) is 36.4 Å². The molecule has 1 aliphatic rings. The van der Waals surface area contributed by atoms with Crippen LogP contribution in [-0.4, -0.2) is 10.2 Å². The molecule has 22 heavy (non-hydrogen) atoms. The van der Waals surface area contributed by atoms with E-state index in [9.17, 15) is 0 Å². The first-order valence-electron chi connectivity index (χ1n) is 7.15. The molecule has 2 aromatic carbocycles. The zero-order chi connectivity index (χ0) is 15.1. The van der Waals surface area contributed by atoms with Crippen molar-refractivity contribution in [2.24, 2.45) is 0 Å². The molecule has 3 aromatic rings. The zero-order valence-corrected chi connectivity index (χ0v) is 12.9. The molecule has 1 aliphatic heterocycles. The highest BCUT2D eigenvalue weighted by molar-refractivity contribution is 7.80. The van der Waals surface area contributed by atoms with Crippen LogP contribution in [0.4, 0.5) is 5.69 Å². The standard InChI is InChI=1S/C18H14N2OS/c1-12-7-8-15-16-14(9-10-19-17(12)16)20(18(22)21-15)11-13-5-3-2-4-6-13/h2-10H,11H2,1H3. The quantitative estimate of drug-likeness (QED) is 0.662. The molecule has 0 aliphatic carbocycles. The molecule has 1 aromatic heterocycles. The normalized spacial score (nSPS) is 13.3. The summed E-state index contributed by atoms with van der Waals surface area (Å²) in [7, 11) is 0. The van der Waals surface area contributed by atoms with E-state index in [1.807, 2.05) is 47.5 Å². The van der Waals surface area contributed by atoms with Crippen LogP contribution in [0.1, 0.15) is 11.1 Å². The number of benzene rings is 2. The minimum Gasteiger partial charge on any atom is -0.431 e. The minimum absolute atomic E-state index is 0.479. The highest BCUT2D eigenvalue weighted by atomic mass is 32.1. The molecule has 0 spiro atoms. The predicted molar refractivity (Wildman–Crippen MR) is 92.3 cm³/mol. The van der Waals surface area contributed by atoms with E-state index in [1.165, 1.54) is 5.56 Å². The van der Waals surface area contributed by atoms with Gasteiger partial charge in [-0.15, -0.1) is 0 Å². The Bertz CT molecular complexity index is 877. The summed E-state index contributed by atoms with van der Waals surface area (Å²) in [6, 6.07) is 16.2. The van der Waals surface area contributed by atoms with Gasteiger partial charge in [0.25, 0.3) is 5.17 Å². The van der Waals surface area contributed by atoms with Crippen molar-refractivity contribution in [1.29, 1.82) is 0 Å². The number of aryl methyl sites for hydroxylation is 1. The lowest BCUT2D eigenvalue weighted by Crippen LogP contribution is -2.35. The number of anilines is 1. The van der Waals surface area contributed by atoms with Gasteiger partial charge in [-0.25, -0.2) is 0 Å². The molecule has 0 saturated heterocycles. The second-order valence-corrected chi connectivity index (χ2v) is 5.72. The van der Waals surface area contributed by atoms with Crippen LogP contribution in [-0.2, 0) is 6.54 Å². The Kier molecular flexibility index (Phi) is 3.05. The average Bonchev–Trinajstić information content (AvgIpc) is 2.55. The number of rotatable bonds is 2. The maximum atomic E-state index is 5.86. The average molecular weight is 306 g/mol. The van der Waals surface area contributed by atoms with E-state index >= 15 is 0 Å². The molecule has 0 bridgehead atoms. The Hall–Kier alpha value is -2.46. The molecular weight excluding hydrogens is 292 g/mol. The van der Waals surface area contributed by atoms with Gasteiger partial charge >= 0.3 is 0 Å². The lowest BCUT2D eigenvalue weighted by atomic mass is 10.1. The molecule has 2 heterocycles. The van der Waals surface area contributed by atoms with Gasteiger partial charge in [-0.2, -0.15) is 0 Å². The third-order valence-electron chi connectivity index (χ3n) is 3.93. The summed E-state index contributed by atoms with van der Waals surface area (Å²) >= 11 is 5.46. The Morgan fingerprint density at radius 2 is 1.91 bits per heavy atom. The van der Waals surface area contributed by atoms with Crippen molar-refractivity contribution >= 4 is 34.0 Å². The van der Waals surface area contributed by atoms with Gasteiger partial charge in [0.2, 0.25) is 0 Å². The second-order valence-electron chi connectivity index (χ2n) is 5.37. The van der Waals surface area contributed by atoms with Gasteiger partial charge in [0.15, 0.2) is 0 Å². The summed E-state index contributed by atoms with van der Waals surface area (Å²) in [5.41, 5.74) is 4.35. The molecular formula is C18H14N2OS. The molecule has 0 N–H and O–H groups in total. The lowest BCUT2D eigenvalue weighted by Gasteiger charge is -2.31. The fourth-order valence-electron chi connectivity index (χ4n) is 2.83. The monoisotopic (exact) mass is 306 g/mol. The van der Waals surface area contributed by atoms with E-state index in [1.54, 1.807) is 0 Å². The van der Waals surface area contributed by atoms with Crippen molar-refractivity contribution in [3.05, 3.63) is 65.9 Å². The van der Waals surface area contributed by atoms with Crippen LogP contribution in [0.2, 0.25) is 0 Å². The summed E-state index contributed by atoms with van der Waals surface area (Å²) in [6.45, 7) is 2.75. The zero-order valence-electron chi connectivity index (χ0n) is 12.1. The van der Waals surface area contributed by atoms with Crippen LogP contribution >= 0.6 is 12.2 Å². The Morgan fingerprint density at radius 3 is 2.73 bits per heavy atom. The highest BCUT2D eigenvalue weighted by Gasteiger charge is 2.25. The topological polar surface area (TPSA) is 25.4 Å². The van der Waals surface area contributed by atoms with Crippen molar-refractivity contribution in [1.82, 2.24) is 4.98 Å². The number of thiocarbonyl (C=S) groups is 1. The van der Waals surface area contributed by atoms with Crippen molar-refractivity contribution in [2.75, 3.05) is 4.90 Å². The van der Waals surface area contributed by atoms with Gasteiger partial charge in [0.05, 0.1) is 23.1 Å². The van der Waals surface area contributed by atoms with E-state index in [0.717, 1.165) is 27.9 Å². The number of ether oxygens (including phenoxy) is 1. The third kappa shape index (κ3) is 2.04.